The number of hydrogen-bond donors (Lipinski definition) is 1. The Bertz CT molecular complexity index is 527. The van der Waals surface area contributed by atoms with Gasteiger partial charge in [-0.15, -0.1) is 0 Å². The summed E-state index contributed by atoms with van der Waals surface area (Å²) in [5.74, 6) is 0.873. The predicted octanol–water partition coefficient (Wildman–Crippen LogP) is 3.23. The van der Waals surface area contributed by atoms with Crippen molar-refractivity contribution in [2.75, 3.05) is 0 Å². The third-order valence-corrected chi connectivity index (χ3v) is 4.24. The SMILES string of the molecule is O=C(CC1=N[C@H]2CCCC[C@@H]2N1)c1ccccc1Cl. The number of nitrogens with one attached hydrogen (secondary N) is 1. The molecule has 1 heterocycles. The molecule has 0 aromatic heterocycles. The van der Waals surface area contributed by atoms with Gasteiger partial charge in [0.1, 0.15) is 5.84 Å². The number of ketones is 1. The molecule has 1 aromatic carbocycles. The summed E-state index contributed by atoms with van der Waals surface area (Å²) in [6, 6.07) is 8.01. The number of benzene rings is 1. The van der Waals surface area contributed by atoms with Crippen molar-refractivity contribution in [3.63, 3.8) is 0 Å². The quantitative estimate of drug-likeness (QED) is 0.861. The standard InChI is InChI=1S/C15H17ClN2O/c16-11-6-2-1-5-10(11)14(19)9-15-17-12-7-3-4-8-13(12)18-15/h1-2,5-6,12-13H,3-4,7-9H2,(H,17,18)/t12-,13-/m0/s1. The summed E-state index contributed by atoms with van der Waals surface area (Å²) in [7, 11) is 0. The van der Waals surface area contributed by atoms with Gasteiger partial charge >= 0.3 is 0 Å². The molecule has 2 atom stereocenters. The van der Waals surface area contributed by atoms with Gasteiger partial charge in [0, 0.05) is 11.6 Å². The van der Waals surface area contributed by atoms with E-state index in [4.69, 9.17) is 11.6 Å². The number of fused-ring (bicyclic) bond motifs is 1. The van der Waals surface area contributed by atoms with Crippen LogP contribution < -0.4 is 5.32 Å². The van der Waals surface area contributed by atoms with Crippen LogP contribution in [-0.4, -0.2) is 23.7 Å². The van der Waals surface area contributed by atoms with E-state index in [1.54, 1.807) is 12.1 Å². The second kappa shape index (κ2) is 5.33. The molecule has 1 aliphatic carbocycles. The van der Waals surface area contributed by atoms with E-state index >= 15 is 0 Å². The van der Waals surface area contributed by atoms with Gasteiger partial charge in [0.25, 0.3) is 0 Å². The van der Waals surface area contributed by atoms with E-state index in [2.05, 4.69) is 10.3 Å². The Hall–Kier alpha value is -1.35. The monoisotopic (exact) mass is 276 g/mol. The molecule has 0 spiro atoms. The minimum atomic E-state index is 0.0375. The first kappa shape index (κ1) is 12.7. The highest BCUT2D eigenvalue weighted by Crippen LogP contribution is 2.26. The zero-order valence-corrected chi connectivity index (χ0v) is 11.5. The number of aliphatic imine (C=N–C) groups is 1. The van der Waals surface area contributed by atoms with E-state index < -0.39 is 0 Å². The van der Waals surface area contributed by atoms with Crippen LogP contribution >= 0.6 is 11.6 Å². The third kappa shape index (κ3) is 2.66. The molecule has 3 rings (SSSR count). The van der Waals surface area contributed by atoms with Crippen molar-refractivity contribution in [1.29, 1.82) is 0 Å². The molecular weight excluding hydrogens is 260 g/mol. The number of nitrogens with zero attached hydrogens (tertiary/aromatic N) is 1. The molecule has 19 heavy (non-hydrogen) atoms. The second-order valence-electron chi connectivity index (χ2n) is 5.26. The van der Waals surface area contributed by atoms with Gasteiger partial charge in [-0.3, -0.25) is 9.79 Å². The number of hydrogen-bond acceptors (Lipinski definition) is 3. The second-order valence-corrected chi connectivity index (χ2v) is 5.67. The molecule has 0 amide bonds. The normalized spacial score (nSPS) is 25.4. The Morgan fingerprint density at radius 2 is 2.11 bits per heavy atom. The number of carbonyl (C=O) groups excluding carboxylic acids is 1. The van der Waals surface area contributed by atoms with Crippen LogP contribution in [0.1, 0.15) is 42.5 Å². The summed E-state index contributed by atoms with van der Waals surface area (Å²) < 4.78 is 0. The van der Waals surface area contributed by atoms with Gasteiger partial charge in [0.2, 0.25) is 0 Å². The third-order valence-electron chi connectivity index (χ3n) is 3.91. The number of halogens is 1. The van der Waals surface area contributed by atoms with Crippen LogP contribution in [-0.2, 0) is 0 Å². The van der Waals surface area contributed by atoms with Gasteiger partial charge < -0.3 is 5.32 Å². The molecule has 0 unspecified atom stereocenters. The summed E-state index contributed by atoms with van der Waals surface area (Å²) in [5.41, 5.74) is 0.587. The lowest BCUT2D eigenvalue weighted by Crippen LogP contribution is -2.37. The molecule has 1 N–H and O–H groups in total. The highest BCUT2D eigenvalue weighted by Gasteiger charge is 2.31. The average Bonchev–Trinajstić information content (AvgIpc) is 2.81. The highest BCUT2D eigenvalue weighted by atomic mass is 35.5. The van der Waals surface area contributed by atoms with Crippen molar-refractivity contribution in [3.05, 3.63) is 34.9 Å². The Kier molecular flexibility index (Phi) is 3.56. The molecule has 0 radical (unpaired) electrons. The fourth-order valence-electron chi connectivity index (χ4n) is 2.92. The first-order chi connectivity index (χ1) is 9.24. The van der Waals surface area contributed by atoms with Crippen molar-refractivity contribution in [1.82, 2.24) is 5.32 Å². The maximum absolute atomic E-state index is 12.2. The van der Waals surface area contributed by atoms with E-state index in [-0.39, 0.29) is 5.78 Å². The molecule has 1 aliphatic heterocycles. The Balaban J connectivity index is 1.69. The van der Waals surface area contributed by atoms with Crippen LogP contribution in [0, 0.1) is 0 Å². The number of rotatable bonds is 3. The topological polar surface area (TPSA) is 41.5 Å². The predicted molar refractivity (Wildman–Crippen MR) is 77.0 cm³/mol. The van der Waals surface area contributed by atoms with Crippen molar-refractivity contribution in [2.45, 2.75) is 44.2 Å². The summed E-state index contributed by atoms with van der Waals surface area (Å²) in [5, 5.41) is 3.92. The van der Waals surface area contributed by atoms with Crippen LogP contribution in [0.4, 0.5) is 0 Å². The average molecular weight is 277 g/mol. The maximum atomic E-state index is 12.2. The number of amidine groups is 1. The van der Waals surface area contributed by atoms with Gasteiger partial charge in [-0.05, 0) is 25.0 Å². The molecule has 3 nitrogen and oxygen atoms in total. The summed E-state index contributed by atoms with van der Waals surface area (Å²) in [6.45, 7) is 0. The molecule has 1 saturated carbocycles. The van der Waals surface area contributed by atoms with Gasteiger partial charge in [0.05, 0.1) is 17.5 Å². The van der Waals surface area contributed by atoms with Crippen LogP contribution in [0.15, 0.2) is 29.3 Å². The molecule has 0 bridgehead atoms. The minimum Gasteiger partial charge on any atom is -0.369 e. The maximum Gasteiger partial charge on any atom is 0.171 e. The van der Waals surface area contributed by atoms with Gasteiger partial charge in [-0.25, -0.2) is 0 Å². The highest BCUT2D eigenvalue weighted by molar-refractivity contribution is 6.34. The molecule has 4 heteroatoms. The Morgan fingerprint density at radius 1 is 1.32 bits per heavy atom. The first-order valence-electron chi connectivity index (χ1n) is 6.85. The van der Waals surface area contributed by atoms with Crippen molar-refractivity contribution in [2.24, 2.45) is 4.99 Å². The van der Waals surface area contributed by atoms with Gasteiger partial charge in [0.15, 0.2) is 5.78 Å². The van der Waals surface area contributed by atoms with Crippen molar-refractivity contribution in [3.8, 4) is 0 Å². The van der Waals surface area contributed by atoms with E-state index in [0.717, 1.165) is 18.7 Å². The lowest BCUT2D eigenvalue weighted by atomic mass is 9.92. The van der Waals surface area contributed by atoms with E-state index in [1.807, 2.05) is 12.1 Å². The van der Waals surface area contributed by atoms with Gasteiger partial charge in [-0.2, -0.15) is 0 Å². The van der Waals surface area contributed by atoms with Crippen LogP contribution in [0.2, 0.25) is 5.02 Å². The van der Waals surface area contributed by atoms with E-state index in [9.17, 15) is 4.79 Å². The fraction of sp³-hybridized carbons (Fsp3) is 0.467. The molecule has 2 aliphatic rings. The molecule has 1 fully saturated rings. The lowest BCUT2D eigenvalue weighted by molar-refractivity contribution is 0.1000. The zero-order valence-electron chi connectivity index (χ0n) is 10.7. The molecule has 1 aromatic rings. The van der Waals surface area contributed by atoms with E-state index in [0.29, 0.717) is 29.1 Å². The number of carbonyl (C=O) groups is 1. The molecule has 0 saturated heterocycles. The van der Waals surface area contributed by atoms with Gasteiger partial charge in [-0.1, -0.05) is 36.6 Å². The lowest BCUT2D eigenvalue weighted by Gasteiger charge is -2.23. The van der Waals surface area contributed by atoms with Crippen molar-refractivity contribution >= 4 is 23.2 Å². The van der Waals surface area contributed by atoms with Crippen LogP contribution in [0.5, 0.6) is 0 Å². The largest absolute Gasteiger partial charge is 0.369 e. The molecule has 100 valence electrons. The Labute approximate surface area is 118 Å². The number of Topliss-reactive ketones (excluding diaryl/α,β-unsaturated/α-hetero) is 1. The minimum absolute atomic E-state index is 0.0375. The van der Waals surface area contributed by atoms with Crippen LogP contribution in [0.3, 0.4) is 0 Å². The smallest absolute Gasteiger partial charge is 0.171 e. The Morgan fingerprint density at radius 3 is 2.89 bits per heavy atom. The van der Waals surface area contributed by atoms with E-state index in [1.165, 1.54) is 12.8 Å². The first-order valence-corrected chi connectivity index (χ1v) is 7.23. The fourth-order valence-corrected chi connectivity index (χ4v) is 3.16. The molecular formula is C15H17ClN2O. The summed E-state index contributed by atoms with van der Waals surface area (Å²) in [4.78, 5) is 16.9. The van der Waals surface area contributed by atoms with Crippen molar-refractivity contribution < 1.29 is 4.79 Å². The zero-order chi connectivity index (χ0) is 13.2. The summed E-state index contributed by atoms with van der Waals surface area (Å²) >= 11 is 6.05. The van der Waals surface area contributed by atoms with Crippen LogP contribution in [0.25, 0.3) is 0 Å². The summed E-state index contributed by atoms with van der Waals surface area (Å²) in [6.07, 6.45) is 5.14.